The molecule has 7 nitrogen and oxygen atoms in total. The number of carbonyl (C=O) groups is 1. The van der Waals surface area contributed by atoms with Crippen LogP contribution in [0.2, 0.25) is 0 Å². The van der Waals surface area contributed by atoms with Gasteiger partial charge in [-0.25, -0.2) is 4.79 Å². The van der Waals surface area contributed by atoms with E-state index in [2.05, 4.69) is 20.8 Å². The third kappa shape index (κ3) is 3.27. The fourth-order valence-electron chi connectivity index (χ4n) is 2.30. The molecule has 1 aromatic heterocycles. The molecule has 2 heterocycles. The van der Waals surface area contributed by atoms with Gasteiger partial charge >= 0.3 is 6.03 Å². The summed E-state index contributed by atoms with van der Waals surface area (Å²) in [5.74, 6) is 1.57. The highest BCUT2D eigenvalue weighted by molar-refractivity contribution is 5.73. The van der Waals surface area contributed by atoms with Gasteiger partial charge in [0, 0.05) is 19.1 Å². The number of urea groups is 1. The Labute approximate surface area is 117 Å². The standard InChI is InChI=1S/C13H20N4O3/c1-13(5-2-6-19-13)8-15-12(18)14-7-10-16-17-11(20-10)9-3-4-9/h9H,2-8H2,1H3,(H2,14,15,18)/t13-/m0/s1. The fourth-order valence-corrected chi connectivity index (χ4v) is 2.30. The molecule has 7 heteroatoms. The number of nitrogens with one attached hydrogen (secondary N) is 2. The molecular formula is C13H20N4O3. The summed E-state index contributed by atoms with van der Waals surface area (Å²) in [6.45, 7) is 3.55. The largest absolute Gasteiger partial charge is 0.423 e. The maximum atomic E-state index is 11.7. The Balaban J connectivity index is 1.39. The van der Waals surface area contributed by atoms with Crippen LogP contribution >= 0.6 is 0 Å². The average molecular weight is 280 g/mol. The number of hydrogen-bond donors (Lipinski definition) is 2. The second kappa shape index (κ2) is 5.40. The van der Waals surface area contributed by atoms with Gasteiger partial charge in [0.2, 0.25) is 11.8 Å². The normalized spacial score (nSPS) is 25.6. The second-order valence-electron chi connectivity index (χ2n) is 5.75. The highest BCUT2D eigenvalue weighted by atomic mass is 16.5. The molecular weight excluding hydrogens is 260 g/mol. The second-order valence-corrected chi connectivity index (χ2v) is 5.75. The van der Waals surface area contributed by atoms with Crippen LogP contribution in [0.4, 0.5) is 4.79 Å². The summed E-state index contributed by atoms with van der Waals surface area (Å²) >= 11 is 0. The average Bonchev–Trinajstić information content (AvgIpc) is 3.02. The van der Waals surface area contributed by atoms with E-state index in [1.54, 1.807) is 0 Å². The molecule has 0 bridgehead atoms. The minimum Gasteiger partial charge on any atom is -0.423 e. The number of nitrogens with zero attached hydrogens (tertiary/aromatic N) is 2. The van der Waals surface area contributed by atoms with Crippen LogP contribution in [0.1, 0.15) is 50.3 Å². The smallest absolute Gasteiger partial charge is 0.315 e. The Morgan fingerprint density at radius 3 is 2.95 bits per heavy atom. The summed E-state index contributed by atoms with van der Waals surface area (Å²) in [6.07, 6.45) is 4.26. The molecule has 1 aromatic rings. The molecule has 2 aliphatic rings. The van der Waals surface area contributed by atoms with Gasteiger partial charge < -0.3 is 19.8 Å². The van der Waals surface area contributed by atoms with Crippen LogP contribution in [0.25, 0.3) is 0 Å². The lowest BCUT2D eigenvalue weighted by atomic mass is 10.0. The predicted molar refractivity (Wildman–Crippen MR) is 70.1 cm³/mol. The van der Waals surface area contributed by atoms with E-state index in [-0.39, 0.29) is 18.2 Å². The van der Waals surface area contributed by atoms with Crippen LogP contribution in [0, 0.1) is 0 Å². The third-order valence-corrected chi connectivity index (χ3v) is 3.73. The Hall–Kier alpha value is -1.63. The predicted octanol–water partition coefficient (Wildman–Crippen LogP) is 1.32. The number of rotatable bonds is 5. The zero-order valence-corrected chi connectivity index (χ0v) is 11.6. The quantitative estimate of drug-likeness (QED) is 0.849. The van der Waals surface area contributed by atoms with Gasteiger partial charge in [-0.05, 0) is 32.6 Å². The molecule has 0 spiro atoms. The van der Waals surface area contributed by atoms with Gasteiger partial charge in [-0.15, -0.1) is 10.2 Å². The summed E-state index contributed by atoms with van der Waals surface area (Å²) in [6, 6.07) is -0.243. The molecule has 1 saturated carbocycles. The third-order valence-electron chi connectivity index (χ3n) is 3.73. The number of aromatic nitrogens is 2. The Morgan fingerprint density at radius 1 is 1.40 bits per heavy atom. The number of ether oxygens (including phenoxy) is 1. The summed E-state index contributed by atoms with van der Waals surface area (Å²) in [7, 11) is 0. The van der Waals surface area contributed by atoms with Crippen LogP contribution in [0.15, 0.2) is 4.42 Å². The van der Waals surface area contributed by atoms with Gasteiger partial charge in [-0.1, -0.05) is 0 Å². The first-order valence-electron chi connectivity index (χ1n) is 7.13. The zero-order chi connectivity index (χ0) is 14.0. The van der Waals surface area contributed by atoms with Crippen molar-refractivity contribution in [2.75, 3.05) is 13.2 Å². The summed E-state index contributed by atoms with van der Waals surface area (Å²) in [4.78, 5) is 11.7. The van der Waals surface area contributed by atoms with Crippen molar-refractivity contribution in [3.05, 3.63) is 11.8 Å². The van der Waals surface area contributed by atoms with Crippen molar-refractivity contribution in [2.45, 2.75) is 50.7 Å². The molecule has 20 heavy (non-hydrogen) atoms. The number of carbonyl (C=O) groups excluding carboxylic acids is 1. The van der Waals surface area contributed by atoms with E-state index in [1.807, 2.05) is 6.92 Å². The molecule has 1 aliphatic heterocycles. The van der Waals surface area contributed by atoms with Crippen molar-refractivity contribution in [3.63, 3.8) is 0 Å². The lowest BCUT2D eigenvalue weighted by Crippen LogP contribution is -2.44. The minimum atomic E-state index is -0.243. The lowest BCUT2D eigenvalue weighted by Gasteiger charge is -2.23. The van der Waals surface area contributed by atoms with Crippen LogP contribution in [0.5, 0.6) is 0 Å². The molecule has 0 aromatic carbocycles. The first-order chi connectivity index (χ1) is 9.65. The highest BCUT2D eigenvalue weighted by Gasteiger charge is 2.30. The van der Waals surface area contributed by atoms with Crippen LogP contribution in [-0.4, -0.2) is 35.0 Å². The van der Waals surface area contributed by atoms with Crippen LogP contribution < -0.4 is 10.6 Å². The van der Waals surface area contributed by atoms with Gasteiger partial charge in [0.25, 0.3) is 0 Å². The van der Waals surface area contributed by atoms with Crippen LogP contribution in [-0.2, 0) is 11.3 Å². The summed E-state index contributed by atoms with van der Waals surface area (Å²) in [5, 5.41) is 13.4. The zero-order valence-electron chi connectivity index (χ0n) is 11.6. The SMILES string of the molecule is C[C@@]1(CNC(=O)NCc2nnc(C3CC3)o2)CCCO1. The topological polar surface area (TPSA) is 89.3 Å². The van der Waals surface area contributed by atoms with Gasteiger partial charge in [-0.3, -0.25) is 0 Å². The lowest BCUT2D eigenvalue weighted by molar-refractivity contribution is 0.0229. The molecule has 1 saturated heterocycles. The molecule has 3 rings (SSSR count). The summed E-state index contributed by atoms with van der Waals surface area (Å²) in [5.41, 5.74) is -0.235. The summed E-state index contributed by atoms with van der Waals surface area (Å²) < 4.78 is 11.1. The molecule has 110 valence electrons. The van der Waals surface area contributed by atoms with E-state index in [1.165, 1.54) is 0 Å². The molecule has 1 aliphatic carbocycles. The fraction of sp³-hybridized carbons (Fsp3) is 0.769. The van der Waals surface area contributed by atoms with Gasteiger partial charge in [0.15, 0.2) is 0 Å². The minimum absolute atomic E-state index is 0.235. The maximum absolute atomic E-state index is 11.7. The molecule has 0 radical (unpaired) electrons. The van der Waals surface area contributed by atoms with E-state index >= 15 is 0 Å². The van der Waals surface area contributed by atoms with Gasteiger partial charge in [0.05, 0.1) is 12.1 Å². The maximum Gasteiger partial charge on any atom is 0.315 e. The monoisotopic (exact) mass is 280 g/mol. The van der Waals surface area contributed by atoms with Gasteiger partial charge in [0.1, 0.15) is 0 Å². The Bertz CT molecular complexity index is 478. The van der Waals surface area contributed by atoms with Crippen molar-refractivity contribution in [1.82, 2.24) is 20.8 Å². The van der Waals surface area contributed by atoms with Crippen molar-refractivity contribution in [3.8, 4) is 0 Å². The molecule has 2 amide bonds. The number of amides is 2. The van der Waals surface area contributed by atoms with Crippen LogP contribution in [0.3, 0.4) is 0 Å². The van der Waals surface area contributed by atoms with Gasteiger partial charge in [-0.2, -0.15) is 0 Å². The van der Waals surface area contributed by atoms with E-state index in [0.29, 0.717) is 24.2 Å². The molecule has 2 fully saturated rings. The van der Waals surface area contributed by atoms with E-state index in [9.17, 15) is 4.79 Å². The molecule has 2 N–H and O–H groups in total. The number of hydrogen-bond acceptors (Lipinski definition) is 5. The van der Waals surface area contributed by atoms with E-state index < -0.39 is 0 Å². The van der Waals surface area contributed by atoms with Crippen molar-refractivity contribution < 1.29 is 13.9 Å². The first kappa shape index (κ1) is 13.4. The van der Waals surface area contributed by atoms with Crippen molar-refractivity contribution in [1.29, 1.82) is 0 Å². The van der Waals surface area contributed by atoms with Crippen molar-refractivity contribution >= 4 is 6.03 Å². The first-order valence-corrected chi connectivity index (χ1v) is 7.13. The highest BCUT2D eigenvalue weighted by Crippen LogP contribution is 2.38. The Kier molecular flexibility index (Phi) is 3.60. The molecule has 1 atom stereocenters. The van der Waals surface area contributed by atoms with E-state index in [0.717, 1.165) is 32.3 Å². The van der Waals surface area contributed by atoms with E-state index in [4.69, 9.17) is 9.15 Å². The Morgan fingerprint density at radius 2 is 2.25 bits per heavy atom. The molecule has 0 unspecified atom stereocenters. The van der Waals surface area contributed by atoms with Crippen molar-refractivity contribution in [2.24, 2.45) is 0 Å².